The average Bonchev–Trinajstić information content (AvgIpc) is 2.51. The van der Waals surface area contributed by atoms with Crippen molar-refractivity contribution in [3.8, 4) is 0 Å². The Kier molecular flexibility index (Phi) is 5.80. The minimum atomic E-state index is -0.0417. The highest BCUT2D eigenvalue weighted by Gasteiger charge is 2.24. The van der Waals surface area contributed by atoms with Gasteiger partial charge in [0, 0.05) is 11.6 Å². The molecule has 0 aliphatic heterocycles. The molecule has 0 amide bonds. The fourth-order valence-electron chi connectivity index (χ4n) is 2.50. The summed E-state index contributed by atoms with van der Waals surface area (Å²) in [5, 5.41) is 4.15. The molecular weight excluding hydrogens is 282 g/mol. The van der Waals surface area contributed by atoms with Crippen molar-refractivity contribution in [3.63, 3.8) is 0 Å². The van der Waals surface area contributed by atoms with Crippen LogP contribution in [0.3, 0.4) is 0 Å². The van der Waals surface area contributed by atoms with Crippen LogP contribution in [0, 0.1) is 6.92 Å². The number of hydrogen-bond donors (Lipinski definition) is 1. The summed E-state index contributed by atoms with van der Waals surface area (Å²) >= 11 is 6.27. The first-order valence-corrected chi connectivity index (χ1v) is 7.65. The summed E-state index contributed by atoms with van der Waals surface area (Å²) in [6.45, 7) is 4.69. The van der Waals surface area contributed by atoms with Gasteiger partial charge < -0.3 is 10.1 Å². The zero-order chi connectivity index (χ0) is 15.2. The number of ether oxygens (including phenoxy) is 1. The van der Waals surface area contributed by atoms with Crippen molar-refractivity contribution >= 4 is 11.6 Å². The molecule has 3 heteroatoms. The van der Waals surface area contributed by atoms with Crippen LogP contribution in [0.2, 0.25) is 5.02 Å². The van der Waals surface area contributed by atoms with Crippen molar-refractivity contribution in [2.24, 2.45) is 0 Å². The quantitative estimate of drug-likeness (QED) is 0.836. The zero-order valence-electron chi connectivity index (χ0n) is 12.8. The lowest BCUT2D eigenvalue weighted by Crippen LogP contribution is -2.26. The average molecular weight is 304 g/mol. The van der Waals surface area contributed by atoms with Gasteiger partial charge in [-0.2, -0.15) is 0 Å². The predicted octanol–water partition coefficient (Wildman–Crippen LogP) is 4.69. The van der Waals surface area contributed by atoms with E-state index in [1.54, 1.807) is 0 Å². The molecule has 0 aromatic heterocycles. The number of benzene rings is 2. The minimum Gasteiger partial charge on any atom is -0.372 e. The van der Waals surface area contributed by atoms with E-state index >= 15 is 0 Å². The molecule has 2 atom stereocenters. The number of rotatable bonds is 6. The van der Waals surface area contributed by atoms with Crippen molar-refractivity contribution < 1.29 is 4.74 Å². The predicted molar refractivity (Wildman–Crippen MR) is 88.8 cm³/mol. The van der Waals surface area contributed by atoms with E-state index in [2.05, 4.69) is 29.6 Å². The first-order chi connectivity index (χ1) is 10.2. The molecule has 2 aromatic carbocycles. The van der Waals surface area contributed by atoms with Crippen LogP contribution < -0.4 is 5.32 Å². The van der Waals surface area contributed by atoms with Crippen LogP contribution in [-0.4, -0.2) is 13.7 Å². The first-order valence-electron chi connectivity index (χ1n) is 7.27. The molecule has 0 aliphatic rings. The Morgan fingerprint density at radius 2 is 1.81 bits per heavy atom. The van der Waals surface area contributed by atoms with Gasteiger partial charge in [0.05, 0.1) is 6.04 Å². The van der Waals surface area contributed by atoms with E-state index in [9.17, 15) is 0 Å². The van der Waals surface area contributed by atoms with Gasteiger partial charge in [-0.05, 0) is 43.7 Å². The molecule has 2 unspecified atom stereocenters. The van der Waals surface area contributed by atoms with Crippen LogP contribution in [0.15, 0.2) is 48.5 Å². The van der Waals surface area contributed by atoms with Crippen LogP contribution in [0.4, 0.5) is 0 Å². The summed E-state index contributed by atoms with van der Waals surface area (Å²) in [5.41, 5.74) is 3.38. The van der Waals surface area contributed by atoms with Crippen LogP contribution >= 0.6 is 11.6 Å². The van der Waals surface area contributed by atoms with Crippen LogP contribution in [-0.2, 0) is 4.74 Å². The van der Waals surface area contributed by atoms with Gasteiger partial charge in [0.15, 0.2) is 0 Å². The highest BCUT2D eigenvalue weighted by molar-refractivity contribution is 6.31. The third-order valence-corrected chi connectivity index (χ3v) is 4.05. The lowest BCUT2D eigenvalue weighted by Gasteiger charge is -2.28. The standard InChI is InChI=1S/C18H22ClNO/c1-4-21-18(14-8-6-5-7-9-14)17(20-3)15-11-10-13(2)16(19)12-15/h5-12,17-18,20H,4H2,1-3H3. The Morgan fingerprint density at radius 1 is 1.10 bits per heavy atom. The maximum Gasteiger partial charge on any atom is 0.102 e. The smallest absolute Gasteiger partial charge is 0.102 e. The molecule has 1 N–H and O–H groups in total. The van der Waals surface area contributed by atoms with Gasteiger partial charge in [0.1, 0.15) is 6.10 Å². The molecule has 0 spiro atoms. The van der Waals surface area contributed by atoms with Gasteiger partial charge in [0.2, 0.25) is 0 Å². The number of hydrogen-bond acceptors (Lipinski definition) is 2. The van der Waals surface area contributed by atoms with Crippen molar-refractivity contribution in [2.45, 2.75) is 26.0 Å². The maximum atomic E-state index is 6.27. The number of aryl methyl sites for hydroxylation is 1. The molecule has 2 rings (SSSR count). The van der Waals surface area contributed by atoms with Gasteiger partial charge in [-0.15, -0.1) is 0 Å². The minimum absolute atomic E-state index is 0.0417. The first kappa shape index (κ1) is 16.0. The molecule has 0 bridgehead atoms. The Hall–Kier alpha value is -1.35. The van der Waals surface area contributed by atoms with Crippen molar-refractivity contribution in [3.05, 3.63) is 70.2 Å². The topological polar surface area (TPSA) is 21.3 Å². The summed E-state index contributed by atoms with van der Waals surface area (Å²) in [4.78, 5) is 0. The largest absolute Gasteiger partial charge is 0.372 e. The van der Waals surface area contributed by atoms with E-state index in [0.717, 1.165) is 21.7 Å². The summed E-state index contributed by atoms with van der Waals surface area (Å²) < 4.78 is 6.00. The van der Waals surface area contributed by atoms with E-state index in [1.807, 2.05) is 45.2 Å². The molecule has 0 saturated carbocycles. The van der Waals surface area contributed by atoms with Gasteiger partial charge in [-0.25, -0.2) is 0 Å². The molecule has 2 nitrogen and oxygen atoms in total. The summed E-state index contributed by atoms with van der Waals surface area (Å²) in [5.74, 6) is 0. The lowest BCUT2D eigenvalue weighted by atomic mass is 9.95. The van der Waals surface area contributed by atoms with Crippen LogP contribution in [0.25, 0.3) is 0 Å². The molecular formula is C18H22ClNO. The second-order valence-electron chi connectivity index (χ2n) is 5.06. The third-order valence-electron chi connectivity index (χ3n) is 3.64. The van der Waals surface area contributed by atoms with Gasteiger partial charge in [-0.3, -0.25) is 0 Å². The summed E-state index contributed by atoms with van der Waals surface area (Å²) in [6.07, 6.45) is -0.0417. The second kappa shape index (κ2) is 7.60. The van der Waals surface area contributed by atoms with Crippen LogP contribution in [0.5, 0.6) is 0 Å². The highest BCUT2D eigenvalue weighted by Crippen LogP contribution is 2.33. The van der Waals surface area contributed by atoms with Gasteiger partial charge in [0.25, 0.3) is 0 Å². The molecule has 0 aliphatic carbocycles. The normalized spacial score (nSPS) is 13.9. The van der Waals surface area contributed by atoms with Crippen molar-refractivity contribution in [2.75, 3.05) is 13.7 Å². The van der Waals surface area contributed by atoms with Crippen LogP contribution in [0.1, 0.15) is 35.8 Å². The zero-order valence-corrected chi connectivity index (χ0v) is 13.5. The van der Waals surface area contributed by atoms with E-state index in [1.165, 1.54) is 0 Å². The second-order valence-corrected chi connectivity index (χ2v) is 5.47. The van der Waals surface area contributed by atoms with E-state index < -0.39 is 0 Å². The fourth-order valence-corrected chi connectivity index (χ4v) is 2.69. The SMILES string of the molecule is CCOC(c1ccccc1)C(NC)c1ccc(C)c(Cl)c1. The number of likely N-dealkylation sites (N-methyl/N-ethyl adjacent to an activating group) is 1. The number of halogens is 1. The Labute approximate surface area is 132 Å². The summed E-state index contributed by atoms with van der Waals surface area (Å²) in [7, 11) is 1.95. The Bertz CT molecular complexity index is 571. The molecule has 0 saturated heterocycles. The monoisotopic (exact) mass is 303 g/mol. The van der Waals surface area contributed by atoms with Crippen molar-refractivity contribution in [1.82, 2.24) is 5.32 Å². The molecule has 21 heavy (non-hydrogen) atoms. The van der Waals surface area contributed by atoms with Crippen molar-refractivity contribution in [1.29, 1.82) is 0 Å². The highest BCUT2D eigenvalue weighted by atomic mass is 35.5. The number of nitrogens with one attached hydrogen (secondary N) is 1. The molecule has 0 radical (unpaired) electrons. The fraction of sp³-hybridized carbons (Fsp3) is 0.333. The molecule has 2 aromatic rings. The Balaban J connectivity index is 2.37. The molecule has 112 valence electrons. The molecule has 0 fully saturated rings. The van der Waals surface area contributed by atoms with E-state index in [0.29, 0.717) is 6.61 Å². The third kappa shape index (κ3) is 3.85. The molecule has 0 heterocycles. The maximum absolute atomic E-state index is 6.27. The lowest BCUT2D eigenvalue weighted by molar-refractivity contribution is 0.0347. The Morgan fingerprint density at radius 3 is 2.38 bits per heavy atom. The van der Waals surface area contributed by atoms with Gasteiger partial charge >= 0.3 is 0 Å². The van der Waals surface area contributed by atoms with E-state index in [4.69, 9.17) is 16.3 Å². The van der Waals surface area contributed by atoms with Gasteiger partial charge in [-0.1, -0.05) is 54.1 Å². The summed E-state index contributed by atoms with van der Waals surface area (Å²) in [6, 6.07) is 16.5. The van der Waals surface area contributed by atoms with E-state index in [-0.39, 0.29) is 12.1 Å².